The van der Waals surface area contributed by atoms with E-state index in [1.807, 2.05) is 24.3 Å². The van der Waals surface area contributed by atoms with Gasteiger partial charge in [0, 0.05) is 41.9 Å². The first-order valence-corrected chi connectivity index (χ1v) is 12.9. The normalized spacial score (nSPS) is 15.7. The Morgan fingerprint density at radius 2 is 1.78 bits per heavy atom. The molecule has 0 radical (unpaired) electrons. The number of allylic oxidation sites excluding steroid dienone is 2. The average Bonchev–Trinajstić information content (AvgIpc) is 3.30. The molecule has 0 fully saturated rings. The number of hydrogen-bond acceptors (Lipinski definition) is 5. The summed E-state index contributed by atoms with van der Waals surface area (Å²) in [5.41, 5.74) is 0.0859. The minimum absolute atomic E-state index is 0.0000772. The molecule has 1 atom stereocenters. The molecule has 1 unspecified atom stereocenters. The van der Waals surface area contributed by atoms with E-state index >= 15 is 0 Å². The number of alkyl halides is 3. The average molecular weight is 566 g/mol. The lowest BCUT2D eigenvalue weighted by Gasteiger charge is -2.29. The highest BCUT2D eigenvalue weighted by Gasteiger charge is 2.37. The molecule has 3 heterocycles. The summed E-state index contributed by atoms with van der Waals surface area (Å²) in [4.78, 5) is 30.8. The lowest BCUT2D eigenvalue weighted by molar-refractivity contribution is -0.140. The van der Waals surface area contributed by atoms with Crippen molar-refractivity contribution >= 4 is 22.5 Å². The fourth-order valence-electron chi connectivity index (χ4n) is 5.09. The number of rotatable bonds is 5. The van der Waals surface area contributed by atoms with Crippen molar-refractivity contribution in [1.29, 1.82) is 0 Å². The van der Waals surface area contributed by atoms with Crippen molar-refractivity contribution < 1.29 is 31.9 Å². The second kappa shape index (κ2) is 10.2. The standard InChI is InChI=1S/C31H27F4N3O3/c1-17-11-22-15-25(29(40)41-30(2,3)4)37-38(22)28(20-7-8-23(24(32)14-20)31(33,34)35)27(17)26(39)13-18-5-6-21-16-36-10-9-19(21)12-18/h5-10,12,14-16,28H,11,13H2,1-4H3. The van der Waals surface area contributed by atoms with Gasteiger partial charge in [0.15, 0.2) is 11.5 Å². The van der Waals surface area contributed by atoms with E-state index in [1.165, 1.54) is 10.7 Å². The van der Waals surface area contributed by atoms with Crippen LogP contribution in [-0.4, -0.2) is 32.1 Å². The minimum atomic E-state index is -4.88. The Hall–Kier alpha value is -4.34. The summed E-state index contributed by atoms with van der Waals surface area (Å²) in [7, 11) is 0. The van der Waals surface area contributed by atoms with Crippen molar-refractivity contribution in [3.05, 3.63) is 106 Å². The van der Waals surface area contributed by atoms with Gasteiger partial charge >= 0.3 is 12.1 Å². The maximum absolute atomic E-state index is 14.8. The van der Waals surface area contributed by atoms with E-state index in [9.17, 15) is 27.2 Å². The van der Waals surface area contributed by atoms with Gasteiger partial charge in [0.1, 0.15) is 17.5 Å². The first kappa shape index (κ1) is 28.2. The summed E-state index contributed by atoms with van der Waals surface area (Å²) < 4.78 is 61.6. The zero-order valence-corrected chi connectivity index (χ0v) is 22.8. The first-order chi connectivity index (χ1) is 19.2. The fraction of sp³-hybridized carbons (Fsp3) is 0.290. The number of carbonyl (C=O) groups is 2. The minimum Gasteiger partial charge on any atom is -0.455 e. The zero-order valence-electron chi connectivity index (χ0n) is 22.8. The number of aromatic nitrogens is 3. The van der Waals surface area contributed by atoms with Crippen molar-refractivity contribution in [1.82, 2.24) is 14.8 Å². The summed E-state index contributed by atoms with van der Waals surface area (Å²) >= 11 is 0. The van der Waals surface area contributed by atoms with Gasteiger partial charge < -0.3 is 4.74 Å². The van der Waals surface area contributed by atoms with Gasteiger partial charge in [-0.2, -0.15) is 18.3 Å². The van der Waals surface area contributed by atoms with Crippen molar-refractivity contribution in [2.24, 2.45) is 0 Å². The van der Waals surface area contributed by atoms with E-state index in [0.717, 1.165) is 28.5 Å². The van der Waals surface area contributed by atoms with Gasteiger partial charge in [-0.1, -0.05) is 29.8 Å². The van der Waals surface area contributed by atoms with E-state index in [0.29, 0.717) is 17.3 Å². The second-order valence-electron chi connectivity index (χ2n) is 11.1. The van der Waals surface area contributed by atoms with E-state index in [4.69, 9.17) is 4.74 Å². The molecule has 6 nitrogen and oxygen atoms in total. The Balaban J connectivity index is 1.58. The third kappa shape index (κ3) is 5.77. The van der Waals surface area contributed by atoms with Gasteiger partial charge in [0.25, 0.3) is 0 Å². The van der Waals surface area contributed by atoms with Crippen LogP contribution < -0.4 is 0 Å². The van der Waals surface area contributed by atoms with E-state index in [1.54, 1.807) is 40.1 Å². The molecule has 2 aromatic carbocycles. The number of halogens is 4. The van der Waals surface area contributed by atoms with Gasteiger partial charge in [-0.15, -0.1) is 0 Å². The van der Waals surface area contributed by atoms with Crippen molar-refractivity contribution in [2.45, 2.75) is 58.4 Å². The van der Waals surface area contributed by atoms with Gasteiger partial charge in [-0.25, -0.2) is 9.18 Å². The summed E-state index contributed by atoms with van der Waals surface area (Å²) in [6.45, 7) is 6.87. The number of Topliss-reactive ketones (excluding diaryl/α,β-unsaturated/α-hetero) is 1. The third-order valence-corrected chi connectivity index (χ3v) is 6.83. The summed E-state index contributed by atoms with van der Waals surface area (Å²) in [6, 6.07) is 10.4. The Kier molecular flexibility index (Phi) is 7.05. The lowest BCUT2D eigenvalue weighted by atomic mass is 9.85. The van der Waals surface area contributed by atoms with Gasteiger partial charge in [0.05, 0.1) is 5.56 Å². The highest BCUT2D eigenvalue weighted by atomic mass is 19.4. The van der Waals surface area contributed by atoms with Crippen molar-refractivity contribution in [3.63, 3.8) is 0 Å². The molecule has 0 bridgehead atoms. The second-order valence-corrected chi connectivity index (χ2v) is 11.1. The van der Waals surface area contributed by atoms with Crippen molar-refractivity contribution in [2.75, 3.05) is 0 Å². The van der Waals surface area contributed by atoms with Crippen LogP contribution in [0, 0.1) is 5.82 Å². The number of fused-ring (bicyclic) bond motifs is 2. The van der Waals surface area contributed by atoms with Gasteiger partial charge in [0.2, 0.25) is 0 Å². The Morgan fingerprint density at radius 1 is 1.02 bits per heavy atom. The summed E-state index contributed by atoms with van der Waals surface area (Å²) in [6.07, 6.45) is -1.25. The number of ketones is 1. The third-order valence-electron chi connectivity index (χ3n) is 6.83. The maximum Gasteiger partial charge on any atom is 0.419 e. The topological polar surface area (TPSA) is 74.1 Å². The van der Waals surface area contributed by atoms with Crippen LogP contribution in [0.15, 0.2) is 72.1 Å². The first-order valence-electron chi connectivity index (χ1n) is 12.9. The molecule has 41 heavy (non-hydrogen) atoms. The number of nitrogens with zero attached hydrogens (tertiary/aromatic N) is 3. The predicted octanol–water partition coefficient (Wildman–Crippen LogP) is 6.82. The predicted molar refractivity (Wildman–Crippen MR) is 144 cm³/mol. The molecule has 2 aromatic heterocycles. The number of esters is 1. The monoisotopic (exact) mass is 565 g/mol. The van der Waals surface area contributed by atoms with Crippen LogP contribution in [0.25, 0.3) is 10.8 Å². The van der Waals surface area contributed by atoms with Crippen LogP contribution in [0.1, 0.15) is 66.6 Å². The molecule has 0 amide bonds. The largest absolute Gasteiger partial charge is 0.455 e. The van der Waals surface area contributed by atoms with Crippen LogP contribution >= 0.6 is 0 Å². The van der Waals surface area contributed by atoms with E-state index in [-0.39, 0.29) is 35.5 Å². The smallest absolute Gasteiger partial charge is 0.419 e. The van der Waals surface area contributed by atoms with Crippen LogP contribution in [0.5, 0.6) is 0 Å². The number of carbonyl (C=O) groups excluding carboxylic acids is 2. The molecule has 5 rings (SSSR count). The number of ether oxygens (including phenoxy) is 1. The molecule has 1 aliphatic heterocycles. The highest BCUT2D eigenvalue weighted by molar-refractivity contribution is 6.00. The molecule has 4 aromatic rings. The van der Waals surface area contributed by atoms with Crippen molar-refractivity contribution in [3.8, 4) is 0 Å². The van der Waals surface area contributed by atoms with E-state index in [2.05, 4.69) is 10.1 Å². The van der Waals surface area contributed by atoms with Gasteiger partial charge in [-0.3, -0.25) is 14.5 Å². The highest BCUT2D eigenvalue weighted by Crippen LogP contribution is 2.39. The SMILES string of the molecule is CC1=C(C(=O)Cc2ccc3cnccc3c2)C(c2ccc(C(F)(F)F)c(F)c2)n2nc(C(=O)OC(C)(C)C)cc2C1. The molecule has 10 heteroatoms. The van der Waals surface area contributed by atoms with Crippen LogP contribution in [0.3, 0.4) is 0 Å². The number of benzene rings is 2. The Bertz CT molecular complexity index is 1710. The molecule has 0 spiro atoms. The van der Waals surface area contributed by atoms with Crippen LogP contribution in [-0.2, 0) is 28.5 Å². The fourth-order valence-corrected chi connectivity index (χ4v) is 5.09. The Morgan fingerprint density at radius 3 is 2.46 bits per heavy atom. The number of pyridine rings is 1. The molecule has 0 saturated heterocycles. The van der Waals surface area contributed by atoms with E-state index < -0.39 is 35.2 Å². The molecule has 0 aliphatic carbocycles. The molecule has 0 N–H and O–H groups in total. The molecule has 1 aliphatic rings. The quantitative estimate of drug-likeness (QED) is 0.196. The molecular weight excluding hydrogens is 538 g/mol. The molecule has 212 valence electrons. The Labute approximate surface area is 233 Å². The molecule has 0 saturated carbocycles. The van der Waals surface area contributed by atoms with Crippen LogP contribution in [0.4, 0.5) is 17.6 Å². The lowest BCUT2D eigenvalue weighted by Crippen LogP contribution is -2.29. The summed E-state index contributed by atoms with van der Waals surface area (Å²) in [5.74, 6) is -2.44. The summed E-state index contributed by atoms with van der Waals surface area (Å²) in [5, 5.41) is 6.22. The zero-order chi connectivity index (χ0) is 29.7. The maximum atomic E-state index is 14.8. The molecular formula is C31H27F4N3O3. The van der Waals surface area contributed by atoms with Crippen LogP contribution in [0.2, 0.25) is 0 Å². The number of hydrogen-bond donors (Lipinski definition) is 0. The van der Waals surface area contributed by atoms with Gasteiger partial charge in [-0.05, 0) is 68.5 Å².